The molecular formula is C21H23N5O3. The lowest BCUT2D eigenvalue weighted by atomic mass is 10.1. The minimum atomic E-state index is -0.274. The standard InChI is InChI=1S/C21H23N5O3/c1-2-28-17-7-5-16(6-8-17)26-20(15-9-11-22-12-10-15)19(24-25-26)21(27)23-14-18-4-3-13-29-18/h5-12,18H,2-4,13-14H2,1H3,(H,23,27). The highest BCUT2D eigenvalue weighted by atomic mass is 16.5. The summed E-state index contributed by atoms with van der Waals surface area (Å²) < 4.78 is 12.7. The average molecular weight is 393 g/mol. The van der Waals surface area contributed by atoms with Crippen LogP contribution in [0.5, 0.6) is 5.75 Å². The molecule has 0 spiro atoms. The van der Waals surface area contributed by atoms with E-state index in [1.165, 1.54) is 0 Å². The lowest BCUT2D eigenvalue weighted by molar-refractivity contribution is 0.0854. The summed E-state index contributed by atoms with van der Waals surface area (Å²) in [6, 6.07) is 11.2. The van der Waals surface area contributed by atoms with Crippen LogP contribution < -0.4 is 10.1 Å². The maximum Gasteiger partial charge on any atom is 0.274 e. The Morgan fingerprint density at radius 3 is 2.72 bits per heavy atom. The van der Waals surface area contributed by atoms with E-state index in [4.69, 9.17) is 9.47 Å². The number of hydrogen-bond donors (Lipinski definition) is 1. The lowest BCUT2D eigenvalue weighted by Gasteiger charge is -2.11. The van der Waals surface area contributed by atoms with Crippen LogP contribution in [-0.2, 0) is 4.74 Å². The van der Waals surface area contributed by atoms with Crippen molar-refractivity contribution in [2.45, 2.75) is 25.9 Å². The molecule has 3 aromatic rings. The third-order valence-corrected chi connectivity index (χ3v) is 4.75. The summed E-state index contributed by atoms with van der Waals surface area (Å²) in [4.78, 5) is 16.9. The highest BCUT2D eigenvalue weighted by molar-refractivity contribution is 5.98. The van der Waals surface area contributed by atoms with Crippen molar-refractivity contribution in [1.82, 2.24) is 25.3 Å². The van der Waals surface area contributed by atoms with Gasteiger partial charge in [-0.05, 0) is 56.2 Å². The Balaban J connectivity index is 1.65. The van der Waals surface area contributed by atoms with E-state index >= 15 is 0 Å². The first-order valence-corrected chi connectivity index (χ1v) is 9.75. The Hall–Kier alpha value is -3.26. The van der Waals surface area contributed by atoms with Crippen molar-refractivity contribution in [1.29, 1.82) is 0 Å². The Bertz CT molecular complexity index is 950. The Morgan fingerprint density at radius 1 is 1.24 bits per heavy atom. The predicted octanol–water partition coefficient (Wildman–Crippen LogP) is 2.64. The van der Waals surface area contributed by atoms with Crippen LogP contribution in [0.4, 0.5) is 0 Å². The fourth-order valence-electron chi connectivity index (χ4n) is 3.33. The topological polar surface area (TPSA) is 91.2 Å². The number of rotatable bonds is 7. The van der Waals surface area contributed by atoms with Crippen molar-refractivity contribution in [2.24, 2.45) is 0 Å². The molecule has 0 bridgehead atoms. The normalized spacial score (nSPS) is 16.0. The van der Waals surface area contributed by atoms with Gasteiger partial charge in [0.1, 0.15) is 11.4 Å². The number of pyridine rings is 1. The number of nitrogens with zero attached hydrogens (tertiary/aromatic N) is 4. The number of hydrogen-bond acceptors (Lipinski definition) is 6. The van der Waals surface area contributed by atoms with Crippen molar-refractivity contribution in [3.05, 3.63) is 54.5 Å². The Kier molecular flexibility index (Phi) is 5.81. The van der Waals surface area contributed by atoms with Gasteiger partial charge in [-0.3, -0.25) is 9.78 Å². The van der Waals surface area contributed by atoms with Gasteiger partial charge in [0.05, 0.1) is 18.4 Å². The molecule has 0 saturated carbocycles. The zero-order valence-electron chi connectivity index (χ0n) is 16.2. The van der Waals surface area contributed by atoms with Crippen molar-refractivity contribution in [3.8, 4) is 22.7 Å². The van der Waals surface area contributed by atoms with Gasteiger partial charge >= 0.3 is 0 Å². The third kappa shape index (κ3) is 4.27. The fraction of sp³-hybridized carbons (Fsp3) is 0.333. The summed E-state index contributed by atoms with van der Waals surface area (Å²) in [6.07, 6.45) is 5.40. The molecule has 150 valence electrons. The van der Waals surface area contributed by atoms with Crippen molar-refractivity contribution >= 4 is 5.91 Å². The molecule has 2 aromatic heterocycles. The molecule has 8 heteroatoms. The van der Waals surface area contributed by atoms with Crippen LogP contribution in [0.3, 0.4) is 0 Å². The van der Waals surface area contributed by atoms with Crippen LogP contribution >= 0.6 is 0 Å². The number of carbonyl (C=O) groups is 1. The number of carbonyl (C=O) groups excluding carboxylic acids is 1. The summed E-state index contributed by atoms with van der Waals surface area (Å²) in [6.45, 7) is 3.75. The van der Waals surface area contributed by atoms with Gasteiger partial charge < -0.3 is 14.8 Å². The van der Waals surface area contributed by atoms with E-state index in [0.29, 0.717) is 18.8 Å². The van der Waals surface area contributed by atoms with E-state index in [1.54, 1.807) is 17.1 Å². The smallest absolute Gasteiger partial charge is 0.274 e. The first-order valence-electron chi connectivity index (χ1n) is 9.75. The molecule has 29 heavy (non-hydrogen) atoms. The van der Waals surface area contributed by atoms with Crippen molar-refractivity contribution in [2.75, 3.05) is 19.8 Å². The average Bonchev–Trinajstić information content (AvgIpc) is 3.43. The van der Waals surface area contributed by atoms with E-state index < -0.39 is 0 Å². The van der Waals surface area contributed by atoms with Gasteiger partial charge in [0.2, 0.25) is 0 Å². The summed E-state index contributed by atoms with van der Waals surface area (Å²) in [5.74, 6) is 0.501. The minimum absolute atomic E-state index is 0.0597. The molecule has 1 fully saturated rings. The van der Waals surface area contributed by atoms with Gasteiger partial charge in [-0.15, -0.1) is 5.10 Å². The zero-order chi connectivity index (χ0) is 20.1. The quantitative estimate of drug-likeness (QED) is 0.664. The molecule has 0 radical (unpaired) electrons. The van der Waals surface area contributed by atoms with E-state index in [1.807, 2.05) is 43.3 Å². The molecule has 3 heterocycles. The lowest BCUT2D eigenvalue weighted by Crippen LogP contribution is -2.32. The Labute approximate surface area is 168 Å². The fourth-order valence-corrected chi connectivity index (χ4v) is 3.33. The van der Waals surface area contributed by atoms with E-state index in [0.717, 1.165) is 36.4 Å². The number of benzene rings is 1. The van der Waals surface area contributed by atoms with Crippen LogP contribution in [-0.4, -0.2) is 51.7 Å². The number of nitrogens with one attached hydrogen (secondary N) is 1. The molecule has 4 rings (SSSR count). The third-order valence-electron chi connectivity index (χ3n) is 4.75. The van der Waals surface area contributed by atoms with Gasteiger partial charge in [0.15, 0.2) is 5.69 Å². The molecular weight excluding hydrogens is 370 g/mol. The van der Waals surface area contributed by atoms with Crippen LogP contribution in [0.25, 0.3) is 16.9 Å². The van der Waals surface area contributed by atoms with Crippen LogP contribution in [0.2, 0.25) is 0 Å². The summed E-state index contributed by atoms with van der Waals surface area (Å²) in [5.41, 5.74) is 2.47. The van der Waals surface area contributed by atoms with Gasteiger partial charge in [0.25, 0.3) is 5.91 Å². The second-order valence-corrected chi connectivity index (χ2v) is 6.71. The van der Waals surface area contributed by atoms with Gasteiger partial charge in [-0.2, -0.15) is 0 Å². The van der Waals surface area contributed by atoms with Gasteiger partial charge in [-0.25, -0.2) is 4.68 Å². The second-order valence-electron chi connectivity index (χ2n) is 6.71. The molecule has 1 aliphatic rings. The molecule has 1 amide bonds. The highest BCUT2D eigenvalue weighted by Crippen LogP contribution is 2.26. The minimum Gasteiger partial charge on any atom is -0.494 e. The maximum atomic E-state index is 12.9. The van der Waals surface area contributed by atoms with Gasteiger partial charge in [0, 0.05) is 31.1 Å². The molecule has 1 saturated heterocycles. The van der Waals surface area contributed by atoms with Crippen LogP contribution in [0.1, 0.15) is 30.3 Å². The maximum absolute atomic E-state index is 12.9. The highest BCUT2D eigenvalue weighted by Gasteiger charge is 2.24. The van der Waals surface area contributed by atoms with Crippen molar-refractivity contribution in [3.63, 3.8) is 0 Å². The van der Waals surface area contributed by atoms with E-state index in [-0.39, 0.29) is 17.7 Å². The van der Waals surface area contributed by atoms with Crippen LogP contribution in [0, 0.1) is 0 Å². The molecule has 1 atom stereocenters. The number of aromatic nitrogens is 4. The first kappa shape index (κ1) is 19.1. The Morgan fingerprint density at radius 2 is 2.03 bits per heavy atom. The molecule has 0 aliphatic carbocycles. The molecule has 1 aromatic carbocycles. The summed E-state index contributed by atoms with van der Waals surface area (Å²) in [5, 5.41) is 11.4. The van der Waals surface area contributed by atoms with Crippen molar-refractivity contribution < 1.29 is 14.3 Å². The molecule has 8 nitrogen and oxygen atoms in total. The SMILES string of the molecule is CCOc1ccc(-n2nnc(C(=O)NCC3CCCO3)c2-c2ccncc2)cc1. The van der Waals surface area contributed by atoms with Crippen LogP contribution in [0.15, 0.2) is 48.8 Å². The predicted molar refractivity (Wildman–Crippen MR) is 107 cm³/mol. The number of ether oxygens (including phenoxy) is 2. The summed E-state index contributed by atoms with van der Waals surface area (Å²) in [7, 11) is 0. The monoisotopic (exact) mass is 393 g/mol. The first-order chi connectivity index (χ1) is 14.3. The van der Waals surface area contributed by atoms with Gasteiger partial charge in [-0.1, -0.05) is 5.21 Å². The molecule has 1 N–H and O–H groups in total. The second kappa shape index (κ2) is 8.83. The largest absolute Gasteiger partial charge is 0.494 e. The molecule has 1 unspecified atom stereocenters. The zero-order valence-corrected chi connectivity index (χ0v) is 16.2. The van der Waals surface area contributed by atoms with E-state index in [9.17, 15) is 4.79 Å². The number of amides is 1. The summed E-state index contributed by atoms with van der Waals surface area (Å²) >= 11 is 0. The molecule has 1 aliphatic heterocycles. The van der Waals surface area contributed by atoms with E-state index in [2.05, 4.69) is 20.6 Å².